The quantitative estimate of drug-likeness (QED) is 0.688. The second-order valence-electron chi connectivity index (χ2n) is 6.96. The number of amides is 1. The fourth-order valence-corrected chi connectivity index (χ4v) is 4.49. The standard InChI is InChI=1S/C21H24N4O3S/c22-13-17-7-3-4-10-20(17)29(27,28)24-15-21(26)23-14-18-8-1-2-9-19(18)16-25-11-5-6-12-25/h1-4,7-10,24H,5-6,11-12,14-16H2,(H,23,26). The number of benzene rings is 2. The van der Waals surface area contributed by atoms with Crippen LogP contribution in [0.3, 0.4) is 0 Å². The lowest BCUT2D eigenvalue weighted by Gasteiger charge is -2.17. The molecule has 1 saturated heterocycles. The number of nitriles is 1. The molecule has 0 unspecified atom stereocenters. The van der Waals surface area contributed by atoms with Crippen LogP contribution in [0.25, 0.3) is 0 Å². The van der Waals surface area contributed by atoms with Gasteiger partial charge in [-0.05, 0) is 49.2 Å². The summed E-state index contributed by atoms with van der Waals surface area (Å²) in [5.74, 6) is -0.431. The van der Waals surface area contributed by atoms with Gasteiger partial charge in [-0.2, -0.15) is 5.26 Å². The van der Waals surface area contributed by atoms with Crippen molar-refractivity contribution in [2.75, 3.05) is 19.6 Å². The van der Waals surface area contributed by atoms with Gasteiger partial charge in [0.2, 0.25) is 15.9 Å². The molecule has 1 aliphatic heterocycles. The van der Waals surface area contributed by atoms with Crippen molar-refractivity contribution < 1.29 is 13.2 Å². The largest absolute Gasteiger partial charge is 0.351 e. The summed E-state index contributed by atoms with van der Waals surface area (Å²) in [6.07, 6.45) is 2.43. The second kappa shape index (κ2) is 9.65. The normalized spacial score (nSPS) is 14.4. The van der Waals surface area contributed by atoms with Gasteiger partial charge in [-0.15, -0.1) is 0 Å². The molecule has 7 nitrogen and oxygen atoms in total. The summed E-state index contributed by atoms with van der Waals surface area (Å²) in [7, 11) is -3.94. The molecule has 1 fully saturated rings. The summed E-state index contributed by atoms with van der Waals surface area (Å²) in [4.78, 5) is 14.4. The predicted molar refractivity (Wildman–Crippen MR) is 109 cm³/mol. The summed E-state index contributed by atoms with van der Waals surface area (Å²) >= 11 is 0. The number of likely N-dealkylation sites (tertiary alicyclic amines) is 1. The maximum Gasteiger partial charge on any atom is 0.242 e. The highest BCUT2D eigenvalue weighted by Crippen LogP contribution is 2.16. The summed E-state index contributed by atoms with van der Waals surface area (Å²) in [6.45, 7) is 2.97. The van der Waals surface area contributed by atoms with Crippen LogP contribution in [0.1, 0.15) is 29.5 Å². The predicted octanol–water partition coefficient (Wildman–Crippen LogP) is 1.75. The Morgan fingerprint density at radius 2 is 1.69 bits per heavy atom. The maximum absolute atomic E-state index is 12.4. The average Bonchev–Trinajstić information content (AvgIpc) is 3.25. The summed E-state index contributed by atoms with van der Waals surface area (Å²) in [5.41, 5.74) is 2.22. The molecule has 8 heteroatoms. The summed E-state index contributed by atoms with van der Waals surface area (Å²) in [5, 5.41) is 11.8. The fraction of sp³-hybridized carbons (Fsp3) is 0.333. The molecular weight excluding hydrogens is 388 g/mol. The van der Waals surface area contributed by atoms with E-state index in [0.717, 1.165) is 25.2 Å². The van der Waals surface area contributed by atoms with Crippen LogP contribution >= 0.6 is 0 Å². The molecule has 0 bridgehead atoms. The Morgan fingerprint density at radius 3 is 2.41 bits per heavy atom. The SMILES string of the molecule is N#Cc1ccccc1S(=O)(=O)NCC(=O)NCc1ccccc1CN1CCCC1. The Labute approximate surface area is 171 Å². The number of carbonyl (C=O) groups excluding carboxylic acids is 1. The van der Waals surface area contributed by atoms with Crippen LogP contribution in [0.2, 0.25) is 0 Å². The molecule has 2 aromatic carbocycles. The molecule has 2 aromatic rings. The molecule has 0 atom stereocenters. The first-order chi connectivity index (χ1) is 14.0. The van der Waals surface area contributed by atoms with Crippen LogP contribution in [-0.2, 0) is 27.9 Å². The minimum atomic E-state index is -3.94. The molecule has 1 aliphatic rings. The van der Waals surface area contributed by atoms with E-state index in [4.69, 9.17) is 5.26 Å². The Morgan fingerprint density at radius 1 is 1.03 bits per heavy atom. The zero-order valence-electron chi connectivity index (χ0n) is 16.1. The summed E-state index contributed by atoms with van der Waals surface area (Å²) in [6, 6.07) is 15.7. The molecule has 1 amide bonds. The minimum Gasteiger partial charge on any atom is -0.351 e. The number of sulfonamides is 1. The van der Waals surface area contributed by atoms with E-state index in [1.54, 1.807) is 6.07 Å². The lowest BCUT2D eigenvalue weighted by Crippen LogP contribution is -2.37. The van der Waals surface area contributed by atoms with Crippen molar-refractivity contribution in [2.45, 2.75) is 30.8 Å². The lowest BCUT2D eigenvalue weighted by molar-refractivity contribution is -0.120. The number of nitrogens with one attached hydrogen (secondary N) is 2. The number of rotatable bonds is 8. The van der Waals surface area contributed by atoms with E-state index in [9.17, 15) is 13.2 Å². The first-order valence-corrected chi connectivity index (χ1v) is 11.0. The van der Waals surface area contributed by atoms with Gasteiger partial charge in [0.1, 0.15) is 6.07 Å². The monoisotopic (exact) mass is 412 g/mol. The van der Waals surface area contributed by atoms with Gasteiger partial charge in [-0.25, -0.2) is 13.1 Å². The van der Waals surface area contributed by atoms with Gasteiger partial charge < -0.3 is 5.32 Å². The average molecular weight is 413 g/mol. The first-order valence-electron chi connectivity index (χ1n) is 9.54. The van der Waals surface area contributed by atoms with Gasteiger partial charge >= 0.3 is 0 Å². The number of hydrogen-bond acceptors (Lipinski definition) is 5. The highest BCUT2D eigenvalue weighted by atomic mass is 32.2. The van der Waals surface area contributed by atoms with Crippen molar-refractivity contribution in [3.8, 4) is 6.07 Å². The Hall–Kier alpha value is -2.73. The van der Waals surface area contributed by atoms with Gasteiger partial charge in [0.25, 0.3) is 0 Å². The summed E-state index contributed by atoms with van der Waals surface area (Å²) < 4.78 is 27.0. The van der Waals surface area contributed by atoms with Gasteiger partial charge in [-0.1, -0.05) is 36.4 Å². The molecule has 152 valence electrons. The molecule has 0 aromatic heterocycles. The van der Waals surface area contributed by atoms with Crippen molar-refractivity contribution in [3.05, 3.63) is 65.2 Å². The first kappa shape index (κ1) is 21.0. The highest BCUT2D eigenvalue weighted by Gasteiger charge is 2.19. The van der Waals surface area contributed by atoms with Crippen LogP contribution in [0.4, 0.5) is 0 Å². The number of carbonyl (C=O) groups is 1. The zero-order chi connectivity index (χ0) is 20.7. The topological polar surface area (TPSA) is 102 Å². The minimum absolute atomic E-state index is 0.0382. The van der Waals surface area contributed by atoms with Gasteiger partial charge in [-0.3, -0.25) is 9.69 Å². The van der Waals surface area contributed by atoms with Crippen LogP contribution in [0, 0.1) is 11.3 Å². The van der Waals surface area contributed by atoms with Crippen LogP contribution in [-0.4, -0.2) is 38.9 Å². The van der Waals surface area contributed by atoms with E-state index in [2.05, 4.69) is 21.0 Å². The molecule has 3 rings (SSSR count). The lowest BCUT2D eigenvalue weighted by atomic mass is 10.1. The third-order valence-corrected chi connectivity index (χ3v) is 6.37. The van der Waals surface area contributed by atoms with Crippen LogP contribution < -0.4 is 10.0 Å². The Bertz CT molecular complexity index is 1010. The van der Waals surface area contributed by atoms with E-state index < -0.39 is 22.5 Å². The molecule has 2 N–H and O–H groups in total. The van der Waals surface area contributed by atoms with Crippen molar-refractivity contribution in [1.82, 2.24) is 14.9 Å². The van der Waals surface area contributed by atoms with E-state index in [-0.39, 0.29) is 10.5 Å². The molecule has 0 spiro atoms. The van der Waals surface area contributed by atoms with E-state index in [0.29, 0.717) is 6.54 Å². The van der Waals surface area contributed by atoms with E-state index in [1.807, 2.05) is 24.3 Å². The number of hydrogen-bond donors (Lipinski definition) is 2. The third kappa shape index (κ3) is 5.64. The Kier molecular flexibility index (Phi) is 6.99. The zero-order valence-corrected chi connectivity index (χ0v) is 16.9. The molecule has 0 saturated carbocycles. The fourth-order valence-electron chi connectivity index (χ4n) is 3.35. The van der Waals surface area contributed by atoms with Crippen LogP contribution in [0.5, 0.6) is 0 Å². The van der Waals surface area contributed by atoms with Crippen LogP contribution in [0.15, 0.2) is 53.4 Å². The molecule has 29 heavy (non-hydrogen) atoms. The van der Waals surface area contributed by atoms with E-state index >= 15 is 0 Å². The van der Waals surface area contributed by atoms with Crippen molar-refractivity contribution in [3.63, 3.8) is 0 Å². The maximum atomic E-state index is 12.4. The van der Waals surface area contributed by atoms with Gasteiger partial charge in [0, 0.05) is 13.1 Å². The van der Waals surface area contributed by atoms with Crippen molar-refractivity contribution >= 4 is 15.9 Å². The molecular formula is C21H24N4O3S. The van der Waals surface area contributed by atoms with Crippen molar-refractivity contribution in [1.29, 1.82) is 5.26 Å². The molecule has 1 heterocycles. The smallest absolute Gasteiger partial charge is 0.242 e. The van der Waals surface area contributed by atoms with Gasteiger partial charge in [0.15, 0.2) is 0 Å². The van der Waals surface area contributed by atoms with Gasteiger partial charge in [0.05, 0.1) is 17.0 Å². The highest BCUT2D eigenvalue weighted by molar-refractivity contribution is 7.89. The Balaban J connectivity index is 1.56. The third-order valence-electron chi connectivity index (χ3n) is 4.91. The molecule has 0 aliphatic carbocycles. The second-order valence-corrected chi connectivity index (χ2v) is 8.70. The van der Waals surface area contributed by atoms with Crippen molar-refractivity contribution in [2.24, 2.45) is 0 Å². The molecule has 0 radical (unpaired) electrons. The van der Waals surface area contributed by atoms with E-state index in [1.165, 1.54) is 36.6 Å². The number of nitrogens with zero attached hydrogens (tertiary/aromatic N) is 2.